The maximum absolute atomic E-state index is 12.3. The molecule has 1 aromatic heterocycles. The fourth-order valence-corrected chi connectivity index (χ4v) is 2.58. The third-order valence-corrected chi connectivity index (χ3v) is 3.59. The SMILES string of the molecule is O=C(c1cccnc1Cl)N1CCC2(C1)OCCO2. The Bertz CT molecular complexity index is 474. The predicted molar refractivity (Wildman–Crippen MR) is 64.4 cm³/mol. The van der Waals surface area contributed by atoms with Gasteiger partial charge in [0.05, 0.1) is 25.3 Å². The van der Waals surface area contributed by atoms with E-state index >= 15 is 0 Å². The van der Waals surface area contributed by atoms with Gasteiger partial charge < -0.3 is 14.4 Å². The van der Waals surface area contributed by atoms with E-state index in [1.165, 1.54) is 0 Å². The summed E-state index contributed by atoms with van der Waals surface area (Å²) in [5, 5.41) is 0.233. The smallest absolute Gasteiger partial charge is 0.257 e. The van der Waals surface area contributed by atoms with E-state index in [-0.39, 0.29) is 11.1 Å². The van der Waals surface area contributed by atoms with Gasteiger partial charge in [0.2, 0.25) is 0 Å². The molecule has 0 bridgehead atoms. The molecule has 18 heavy (non-hydrogen) atoms. The lowest BCUT2D eigenvalue weighted by atomic mass is 10.2. The molecule has 5 nitrogen and oxygen atoms in total. The summed E-state index contributed by atoms with van der Waals surface area (Å²) >= 11 is 5.93. The van der Waals surface area contributed by atoms with E-state index in [0.29, 0.717) is 38.3 Å². The number of rotatable bonds is 1. The van der Waals surface area contributed by atoms with Crippen LogP contribution in [0.2, 0.25) is 5.15 Å². The van der Waals surface area contributed by atoms with Gasteiger partial charge in [0.15, 0.2) is 5.79 Å². The number of likely N-dealkylation sites (tertiary alicyclic amines) is 1. The molecule has 2 fully saturated rings. The second-order valence-electron chi connectivity index (χ2n) is 4.43. The number of aromatic nitrogens is 1. The van der Waals surface area contributed by atoms with E-state index in [1.807, 2.05) is 0 Å². The maximum atomic E-state index is 12.3. The third-order valence-electron chi connectivity index (χ3n) is 3.28. The molecule has 0 saturated carbocycles. The molecule has 2 aliphatic heterocycles. The van der Waals surface area contributed by atoms with E-state index in [0.717, 1.165) is 0 Å². The second kappa shape index (κ2) is 4.50. The number of halogens is 1. The van der Waals surface area contributed by atoms with Gasteiger partial charge >= 0.3 is 0 Å². The van der Waals surface area contributed by atoms with Crippen LogP contribution in [-0.2, 0) is 9.47 Å². The Hall–Kier alpha value is -1.17. The third kappa shape index (κ3) is 1.98. The fraction of sp³-hybridized carbons (Fsp3) is 0.500. The van der Waals surface area contributed by atoms with Crippen molar-refractivity contribution in [2.24, 2.45) is 0 Å². The molecule has 1 aromatic rings. The summed E-state index contributed by atoms with van der Waals surface area (Å²) in [7, 11) is 0. The van der Waals surface area contributed by atoms with Crippen molar-refractivity contribution in [3.05, 3.63) is 29.0 Å². The lowest BCUT2D eigenvalue weighted by Gasteiger charge is -2.22. The predicted octanol–water partition coefficient (Wildman–Crippen LogP) is 1.32. The number of ether oxygens (including phenoxy) is 2. The van der Waals surface area contributed by atoms with Crippen molar-refractivity contribution in [1.82, 2.24) is 9.88 Å². The monoisotopic (exact) mass is 268 g/mol. The Balaban J connectivity index is 1.77. The number of hydrogen-bond acceptors (Lipinski definition) is 4. The van der Waals surface area contributed by atoms with E-state index in [9.17, 15) is 4.79 Å². The van der Waals surface area contributed by atoms with Crippen LogP contribution in [0.5, 0.6) is 0 Å². The molecule has 0 radical (unpaired) electrons. The zero-order valence-corrected chi connectivity index (χ0v) is 10.5. The van der Waals surface area contributed by atoms with Crippen LogP contribution in [0.15, 0.2) is 18.3 Å². The molecule has 0 aliphatic carbocycles. The van der Waals surface area contributed by atoms with Crippen molar-refractivity contribution in [3.63, 3.8) is 0 Å². The van der Waals surface area contributed by atoms with Crippen LogP contribution in [0.4, 0.5) is 0 Å². The second-order valence-corrected chi connectivity index (χ2v) is 4.78. The molecule has 2 saturated heterocycles. The first-order valence-electron chi connectivity index (χ1n) is 5.88. The van der Waals surface area contributed by atoms with E-state index < -0.39 is 5.79 Å². The van der Waals surface area contributed by atoms with Gasteiger partial charge in [-0.2, -0.15) is 0 Å². The summed E-state index contributed by atoms with van der Waals surface area (Å²) in [6.45, 7) is 2.26. The molecule has 6 heteroatoms. The van der Waals surface area contributed by atoms with Crippen LogP contribution in [0.25, 0.3) is 0 Å². The number of hydrogen-bond donors (Lipinski definition) is 0. The van der Waals surface area contributed by atoms with Crippen LogP contribution in [0, 0.1) is 0 Å². The average molecular weight is 269 g/mol. The minimum Gasteiger partial charge on any atom is -0.346 e. The number of carbonyl (C=O) groups excluding carboxylic acids is 1. The highest BCUT2D eigenvalue weighted by atomic mass is 35.5. The molecule has 0 unspecified atom stereocenters. The van der Waals surface area contributed by atoms with Crippen LogP contribution in [0.3, 0.4) is 0 Å². The van der Waals surface area contributed by atoms with Crippen molar-refractivity contribution >= 4 is 17.5 Å². The molecular formula is C12H13ClN2O3. The molecule has 1 spiro atoms. The molecule has 0 N–H and O–H groups in total. The fourth-order valence-electron chi connectivity index (χ4n) is 2.38. The summed E-state index contributed by atoms with van der Waals surface area (Å²) < 4.78 is 11.2. The lowest BCUT2D eigenvalue weighted by molar-refractivity contribution is -0.143. The summed E-state index contributed by atoms with van der Waals surface area (Å²) in [4.78, 5) is 17.9. The molecular weight excluding hydrogens is 256 g/mol. The number of carbonyl (C=O) groups is 1. The standard InChI is InChI=1S/C12H13ClN2O3/c13-10-9(2-1-4-14-10)11(16)15-5-3-12(8-15)17-6-7-18-12/h1-2,4H,3,5-8H2. The van der Waals surface area contributed by atoms with E-state index in [2.05, 4.69) is 4.98 Å². The molecule has 1 amide bonds. The zero-order valence-electron chi connectivity index (χ0n) is 9.76. The Morgan fingerprint density at radius 1 is 1.44 bits per heavy atom. The number of pyridine rings is 1. The quantitative estimate of drug-likeness (QED) is 0.721. The number of amides is 1. The van der Waals surface area contributed by atoms with Gasteiger partial charge in [0.1, 0.15) is 5.15 Å². The highest BCUT2D eigenvalue weighted by Crippen LogP contribution is 2.31. The maximum Gasteiger partial charge on any atom is 0.257 e. The minimum absolute atomic E-state index is 0.121. The Kier molecular flexibility index (Phi) is 2.97. The van der Waals surface area contributed by atoms with Crippen LogP contribution in [-0.4, -0.2) is 47.9 Å². The first-order chi connectivity index (χ1) is 8.70. The van der Waals surface area contributed by atoms with Crippen molar-refractivity contribution in [2.75, 3.05) is 26.3 Å². The summed E-state index contributed by atoms with van der Waals surface area (Å²) in [5.41, 5.74) is 0.425. The van der Waals surface area contributed by atoms with Crippen molar-refractivity contribution in [3.8, 4) is 0 Å². The first kappa shape index (κ1) is 11.9. The zero-order chi connectivity index (χ0) is 12.6. The summed E-state index contributed by atoms with van der Waals surface area (Å²) in [5.74, 6) is -0.714. The van der Waals surface area contributed by atoms with Crippen molar-refractivity contribution in [1.29, 1.82) is 0 Å². The van der Waals surface area contributed by atoms with Crippen LogP contribution in [0.1, 0.15) is 16.8 Å². The molecule has 0 atom stereocenters. The average Bonchev–Trinajstić information content (AvgIpc) is 3.00. The highest BCUT2D eigenvalue weighted by Gasteiger charge is 2.45. The van der Waals surface area contributed by atoms with Gasteiger partial charge in [0, 0.05) is 19.2 Å². The highest BCUT2D eigenvalue weighted by molar-refractivity contribution is 6.32. The Morgan fingerprint density at radius 2 is 2.22 bits per heavy atom. The Labute approximate surface area is 110 Å². The topological polar surface area (TPSA) is 51.7 Å². The van der Waals surface area contributed by atoms with Gasteiger partial charge in [0.25, 0.3) is 5.91 Å². The van der Waals surface area contributed by atoms with Crippen molar-refractivity contribution < 1.29 is 14.3 Å². The molecule has 3 rings (SSSR count). The van der Waals surface area contributed by atoms with Gasteiger partial charge in [-0.25, -0.2) is 4.98 Å². The largest absolute Gasteiger partial charge is 0.346 e. The van der Waals surface area contributed by atoms with Gasteiger partial charge in [-0.05, 0) is 12.1 Å². The molecule has 0 aromatic carbocycles. The summed E-state index contributed by atoms with van der Waals surface area (Å²) in [6.07, 6.45) is 2.27. The van der Waals surface area contributed by atoms with Crippen molar-refractivity contribution in [2.45, 2.75) is 12.2 Å². The normalized spacial score (nSPS) is 21.7. The number of nitrogens with zero attached hydrogens (tertiary/aromatic N) is 2. The minimum atomic E-state index is -0.593. The summed E-state index contributed by atoms with van der Waals surface area (Å²) in [6, 6.07) is 3.38. The van der Waals surface area contributed by atoms with Gasteiger partial charge in [-0.1, -0.05) is 11.6 Å². The molecule has 2 aliphatic rings. The first-order valence-corrected chi connectivity index (χ1v) is 6.26. The van der Waals surface area contributed by atoms with Gasteiger partial charge in [-0.3, -0.25) is 4.79 Å². The Morgan fingerprint density at radius 3 is 2.94 bits per heavy atom. The van der Waals surface area contributed by atoms with Crippen LogP contribution < -0.4 is 0 Å². The van der Waals surface area contributed by atoms with Crippen LogP contribution >= 0.6 is 11.6 Å². The van der Waals surface area contributed by atoms with E-state index in [4.69, 9.17) is 21.1 Å². The van der Waals surface area contributed by atoms with E-state index in [1.54, 1.807) is 23.2 Å². The molecule has 96 valence electrons. The van der Waals surface area contributed by atoms with Gasteiger partial charge in [-0.15, -0.1) is 0 Å². The lowest BCUT2D eigenvalue weighted by Crippen LogP contribution is -2.37. The molecule has 3 heterocycles.